The summed E-state index contributed by atoms with van der Waals surface area (Å²) in [7, 11) is 0. The van der Waals surface area contributed by atoms with E-state index in [0.717, 1.165) is 0 Å². The van der Waals surface area contributed by atoms with Crippen LogP contribution in [-0.4, -0.2) is 0 Å². The van der Waals surface area contributed by atoms with Crippen molar-refractivity contribution >= 4 is 0 Å². The van der Waals surface area contributed by atoms with Crippen LogP contribution in [0.15, 0.2) is 12.7 Å². The minimum Gasteiger partial charge on any atom is -0.103 e. The molecule has 0 aromatic carbocycles. The summed E-state index contributed by atoms with van der Waals surface area (Å²) >= 11 is 0. The third-order valence-corrected chi connectivity index (χ3v) is 1.20. The SMILES string of the molecule is C=CC(C)[CH]CCC. The fraction of sp³-hybridized carbons (Fsp3) is 0.625. The summed E-state index contributed by atoms with van der Waals surface area (Å²) in [4.78, 5) is 0. The highest BCUT2D eigenvalue weighted by Gasteiger charge is 1.92. The first-order chi connectivity index (χ1) is 3.81. The number of allylic oxidation sites excluding steroid dienone is 1. The van der Waals surface area contributed by atoms with Crippen LogP contribution in [0.4, 0.5) is 0 Å². The Bertz CT molecular complexity index is 55.1. The Kier molecular flexibility index (Phi) is 4.73. The van der Waals surface area contributed by atoms with E-state index in [2.05, 4.69) is 26.8 Å². The summed E-state index contributed by atoms with van der Waals surface area (Å²) in [6.07, 6.45) is 6.72. The standard InChI is InChI=1S/C8H15/c1-4-6-7-8(3)5-2/h5,7-8H,2,4,6H2,1,3H3. The smallest absolute Gasteiger partial charge is 0.0233 e. The Balaban J connectivity index is 2.98. The van der Waals surface area contributed by atoms with Gasteiger partial charge in [0.1, 0.15) is 0 Å². The molecular weight excluding hydrogens is 96.1 g/mol. The van der Waals surface area contributed by atoms with Gasteiger partial charge in [-0.3, -0.25) is 0 Å². The van der Waals surface area contributed by atoms with E-state index in [1.807, 2.05) is 6.08 Å². The molecule has 0 heterocycles. The molecule has 8 heavy (non-hydrogen) atoms. The minimum atomic E-state index is 0.593. The summed E-state index contributed by atoms with van der Waals surface area (Å²) in [5.41, 5.74) is 0. The molecule has 1 atom stereocenters. The number of rotatable bonds is 4. The van der Waals surface area contributed by atoms with Crippen LogP contribution in [0.5, 0.6) is 0 Å². The Labute approximate surface area is 52.6 Å². The first-order valence-electron chi connectivity index (χ1n) is 3.27. The van der Waals surface area contributed by atoms with Crippen molar-refractivity contribution in [1.29, 1.82) is 0 Å². The van der Waals surface area contributed by atoms with Gasteiger partial charge in [-0.05, 0) is 18.8 Å². The second kappa shape index (κ2) is 4.89. The summed E-state index contributed by atoms with van der Waals surface area (Å²) in [6, 6.07) is 0. The predicted octanol–water partition coefficient (Wildman–Crippen LogP) is 2.81. The maximum atomic E-state index is 3.68. The lowest BCUT2D eigenvalue weighted by Gasteiger charge is -2.00. The number of hydrogen-bond donors (Lipinski definition) is 0. The van der Waals surface area contributed by atoms with Gasteiger partial charge in [-0.25, -0.2) is 0 Å². The van der Waals surface area contributed by atoms with Gasteiger partial charge in [0.15, 0.2) is 0 Å². The van der Waals surface area contributed by atoms with Crippen molar-refractivity contribution in [3.8, 4) is 0 Å². The molecule has 0 fully saturated rings. The summed E-state index contributed by atoms with van der Waals surface area (Å²) in [5.74, 6) is 0.593. The fourth-order valence-electron chi connectivity index (χ4n) is 0.526. The molecule has 0 saturated heterocycles. The lowest BCUT2D eigenvalue weighted by Crippen LogP contribution is -1.87. The van der Waals surface area contributed by atoms with E-state index in [1.165, 1.54) is 12.8 Å². The highest BCUT2D eigenvalue weighted by Crippen LogP contribution is 2.05. The maximum absolute atomic E-state index is 3.68. The molecule has 0 amide bonds. The molecule has 47 valence electrons. The molecule has 0 bridgehead atoms. The Morgan fingerprint density at radius 2 is 2.25 bits per heavy atom. The first-order valence-corrected chi connectivity index (χ1v) is 3.27. The van der Waals surface area contributed by atoms with E-state index in [0.29, 0.717) is 5.92 Å². The van der Waals surface area contributed by atoms with Crippen molar-refractivity contribution < 1.29 is 0 Å². The molecule has 0 rings (SSSR count). The molecule has 0 N–H and O–H groups in total. The summed E-state index contributed by atoms with van der Waals surface area (Å²) in [6.45, 7) is 8.02. The molecule has 0 aromatic heterocycles. The monoisotopic (exact) mass is 111 g/mol. The zero-order valence-corrected chi connectivity index (χ0v) is 5.85. The van der Waals surface area contributed by atoms with Gasteiger partial charge in [0.05, 0.1) is 0 Å². The number of unbranched alkanes of at least 4 members (excludes halogenated alkanes) is 1. The highest BCUT2D eigenvalue weighted by atomic mass is 14.0. The molecule has 0 aliphatic heterocycles. The van der Waals surface area contributed by atoms with Crippen molar-refractivity contribution in [2.45, 2.75) is 26.7 Å². The molecule has 0 spiro atoms. The maximum Gasteiger partial charge on any atom is -0.0233 e. The van der Waals surface area contributed by atoms with E-state index in [-0.39, 0.29) is 0 Å². The molecule has 0 aromatic rings. The normalized spacial score (nSPS) is 13.2. The number of hydrogen-bond acceptors (Lipinski definition) is 0. The highest BCUT2D eigenvalue weighted by molar-refractivity contribution is 4.85. The van der Waals surface area contributed by atoms with E-state index < -0.39 is 0 Å². The molecule has 1 unspecified atom stereocenters. The molecule has 0 aliphatic rings. The largest absolute Gasteiger partial charge is 0.103 e. The van der Waals surface area contributed by atoms with Crippen LogP contribution in [0.1, 0.15) is 26.7 Å². The second-order valence-corrected chi connectivity index (χ2v) is 2.12. The van der Waals surface area contributed by atoms with Gasteiger partial charge < -0.3 is 0 Å². The quantitative estimate of drug-likeness (QED) is 0.489. The van der Waals surface area contributed by atoms with Crippen molar-refractivity contribution in [3.05, 3.63) is 19.1 Å². The summed E-state index contributed by atoms with van der Waals surface area (Å²) in [5, 5.41) is 0. The van der Waals surface area contributed by atoms with Gasteiger partial charge in [0, 0.05) is 0 Å². The van der Waals surface area contributed by atoms with Gasteiger partial charge in [0.2, 0.25) is 0 Å². The van der Waals surface area contributed by atoms with E-state index in [1.54, 1.807) is 0 Å². The average molecular weight is 111 g/mol. The molecule has 0 nitrogen and oxygen atoms in total. The molecular formula is C8H15. The van der Waals surface area contributed by atoms with Crippen LogP contribution in [0.2, 0.25) is 0 Å². The summed E-state index contributed by atoms with van der Waals surface area (Å²) < 4.78 is 0. The van der Waals surface area contributed by atoms with E-state index in [4.69, 9.17) is 0 Å². The van der Waals surface area contributed by atoms with Gasteiger partial charge >= 0.3 is 0 Å². The Hall–Kier alpha value is -0.260. The van der Waals surface area contributed by atoms with Crippen molar-refractivity contribution in [2.75, 3.05) is 0 Å². The van der Waals surface area contributed by atoms with Gasteiger partial charge in [-0.1, -0.05) is 26.3 Å². The predicted molar refractivity (Wildman–Crippen MR) is 38.6 cm³/mol. The molecule has 0 saturated carbocycles. The Morgan fingerprint density at radius 1 is 1.62 bits per heavy atom. The van der Waals surface area contributed by atoms with Crippen molar-refractivity contribution in [2.24, 2.45) is 5.92 Å². The van der Waals surface area contributed by atoms with E-state index >= 15 is 0 Å². The molecule has 1 radical (unpaired) electrons. The fourth-order valence-corrected chi connectivity index (χ4v) is 0.526. The average Bonchev–Trinajstić information content (AvgIpc) is 1.83. The molecule has 0 heteroatoms. The van der Waals surface area contributed by atoms with Crippen LogP contribution < -0.4 is 0 Å². The van der Waals surface area contributed by atoms with Crippen LogP contribution in [0, 0.1) is 12.3 Å². The molecule has 0 aliphatic carbocycles. The van der Waals surface area contributed by atoms with Gasteiger partial charge in [-0.2, -0.15) is 0 Å². The third kappa shape index (κ3) is 3.91. The lowest BCUT2D eigenvalue weighted by atomic mass is 10.1. The zero-order chi connectivity index (χ0) is 6.41. The minimum absolute atomic E-state index is 0.593. The third-order valence-electron chi connectivity index (χ3n) is 1.20. The Morgan fingerprint density at radius 3 is 2.62 bits per heavy atom. The van der Waals surface area contributed by atoms with Crippen LogP contribution in [-0.2, 0) is 0 Å². The van der Waals surface area contributed by atoms with Crippen molar-refractivity contribution in [3.63, 3.8) is 0 Å². The van der Waals surface area contributed by atoms with Gasteiger partial charge in [-0.15, -0.1) is 6.58 Å². The van der Waals surface area contributed by atoms with Crippen LogP contribution in [0.3, 0.4) is 0 Å². The van der Waals surface area contributed by atoms with Gasteiger partial charge in [0.25, 0.3) is 0 Å². The zero-order valence-electron chi connectivity index (χ0n) is 5.85. The lowest BCUT2D eigenvalue weighted by molar-refractivity contribution is 0.753. The second-order valence-electron chi connectivity index (χ2n) is 2.12. The first kappa shape index (κ1) is 7.74. The van der Waals surface area contributed by atoms with Crippen LogP contribution in [0.25, 0.3) is 0 Å². The van der Waals surface area contributed by atoms with Crippen molar-refractivity contribution in [1.82, 2.24) is 0 Å². The topological polar surface area (TPSA) is 0 Å². The van der Waals surface area contributed by atoms with E-state index in [9.17, 15) is 0 Å². The van der Waals surface area contributed by atoms with Crippen LogP contribution >= 0.6 is 0 Å².